The zero-order valence-corrected chi connectivity index (χ0v) is 19.8. The number of para-hydroxylation sites is 1. The molecule has 0 unspecified atom stereocenters. The lowest BCUT2D eigenvalue weighted by molar-refractivity contribution is -0.120. The molecule has 1 amide bonds. The summed E-state index contributed by atoms with van der Waals surface area (Å²) in [5.74, 6) is 0.985. The maximum atomic E-state index is 13.4. The first kappa shape index (κ1) is 22.3. The van der Waals surface area contributed by atoms with E-state index in [0.29, 0.717) is 17.9 Å². The highest BCUT2D eigenvalue weighted by Crippen LogP contribution is 2.31. The second kappa shape index (κ2) is 9.42. The molecule has 0 spiro atoms. The van der Waals surface area contributed by atoms with Gasteiger partial charge in [0.1, 0.15) is 21.8 Å². The topological polar surface area (TPSA) is 75.7 Å². The third-order valence-corrected chi connectivity index (χ3v) is 8.89. The largest absolute Gasteiger partial charge is 0.457 e. The Kier molecular flexibility index (Phi) is 6.19. The van der Waals surface area contributed by atoms with Crippen LogP contribution < -0.4 is 10.1 Å². The monoisotopic (exact) mass is 490 g/mol. The standard InChI is InChI=1S/C26H22N2O4S2/c29-26(27-21-12-14-23(15-13-21)32-22-9-2-1-3-10-22)24-17-19-7-4-5-8-20(19)18-28(24)34(30,31)25-11-6-16-33-25/h1-16,24H,17-18H2,(H,27,29)/t24-/m1/s1. The second-order valence-electron chi connectivity index (χ2n) is 7.90. The van der Waals surface area contributed by atoms with Gasteiger partial charge in [-0.3, -0.25) is 4.79 Å². The summed E-state index contributed by atoms with van der Waals surface area (Å²) in [6, 6.07) is 26.5. The molecule has 1 N–H and O–H groups in total. The number of rotatable bonds is 6. The van der Waals surface area contributed by atoms with Crippen molar-refractivity contribution in [2.45, 2.75) is 23.2 Å². The molecule has 0 saturated heterocycles. The number of carbonyl (C=O) groups is 1. The number of ether oxygens (including phenoxy) is 1. The van der Waals surface area contributed by atoms with Gasteiger partial charge in [0.15, 0.2) is 0 Å². The Morgan fingerprint density at radius 3 is 2.24 bits per heavy atom. The van der Waals surface area contributed by atoms with Gasteiger partial charge in [0.05, 0.1) is 0 Å². The summed E-state index contributed by atoms with van der Waals surface area (Å²) in [7, 11) is -3.82. The van der Waals surface area contributed by atoms with Crippen LogP contribution in [0.3, 0.4) is 0 Å². The lowest BCUT2D eigenvalue weighted by Gasteiger charge is -2.34. The van der Waals surface area contributed by atoms with Gasteiger partial charge in [-0.1, -0.05) is 48.5 Å². The van der Waals surface area contributed by atoms with E-state index in [1.807, 2.05) is 54.6 Å². The molecule has 2 heterocycles. The van der Waals surface area contributed by atoms with E-state index in [0.717, 1.165) is 28.2 Å². The van der Waals surface area contributed by atoms with E-state index >= 15 is 0 Å². The average molecular weight is 491 g/mol. The molecule has 0 aliphatic carbocycles. The maximum absolute atomic E-state index is 13.4. The van der Waals surface area contributed by atoms with Crippen LogP contribution in [0.5, 0.6) is 11.5 Å². The van der Waals surface area contributed by atoms with Crippen LogP contribution in [-0.2, 0) is 27.8 Å². The number of fused-ring (bicyclic) bond motifs is 1. The third kappa shape index (κ3) is 4.61. The van der Waals surface area contributed by atoms with Crippen molar-refractivity contribution >= 4 is 33.0 Å². The van der Waals surface area contributed by atoms with Crippen LogP contribution in [0.25, 0.3) is 0 Å². The summed E-state index contributed by atoms with van der Waals surface area (Å²) >= 11 is 1.15. The van der Waals surface area contributed by atoms with Gasteiger partial charge in [-0.25, -0.2) is 8.42 Å². The van der Waals surface area contributed by atoms with Crippen LogP contribution in [0.4, 0.5) is 5.69 Å². The summed E-state index contributed by atoms with van der Waals surface area (Å²) in [5, 5.41) is 4.60. The first-order chi connectivity index (χ1) is 16.5. The fourth-order valence-corrected chi connectivity index (χ4v) is 6.64. The zero-order chi connectivity index (χ0) is 23.5. The number of carbonyl (C=O) groups excluding carboxylic acids is 1. The smallest absolute Gasteiger partial charge is 0.253 e. The van der Waals surface area contributed by atoms with Gasteiger partial charge in [0.25, 0.3) is 10.0 Å². The number of amides is 1. The van der Waals surface area contributed by atoms with E-state index < -0.39 is 16.1 Å². The van der Waals surface area contributed by atoms with Gasteiger partial charge in [0, 0.05) is 12.2 Å². The highest BCUT2D eigenvalue weighted by molar-refractivity contribution is 7.91. The fourth-order valence-electron chi connectivity index (χ4n) is 3.96. The minimum atomic E-state index is -3.82. The van der Waals surface area contributed by atoms with Crippen LogP contribution in [0.15, 0.2) is 101 Å². The van der Waals surface area contributed by atoms with E-state index in [4.69, 9.17) is 4.74 Å². The lowest BCUT2D eigenvalue weighted by Crippen LogP contribution is -2.50. The fraction of sp³-hybridized carbons (Fsp3) is 0.115. The van der Waals surface area contributed by atoms with E-state index in [2.05, 4.69) is 5.32 Å². The summed E-state index contributed by atoms with van der Waals surface area (Å²) in [6.45, 7) is 0.151. The molecule has 34 heavy (non-hydrogen) atoms. The Morgan fingerprint density at radius 1 is 0.853 bits per heavy atom. The Hall–Kier alpha value is -3.46. The zero-order valence-electron chi connectivity index (χ0n) is 18.1. The van der Waals surface area contributed by atoms with E-state index in [1.165, 1.54) is 4.31 Å². The first-order valence-corrected chi connectivity index (χ1v) is 13.1. The number of benzene rings is 3. The highest BCUT2D eigenvalue weighted by Gasteiger charge is 2.40. The first-order valence-electron chi connectivity index (χ1n) is 10.8. The molecule has 1 atom stereocenters. The third-order valence-electron chi connectivity index (χ3n) is 5.67. The summed E-state index contributed by atoms with van der Waals surface area (Å²) in [5.41, 5.74) is 2.46. The molecule has 1 aliphatic heterocycles. The summed E-state index contributed by atoms with van der Waals surface area (Å²) in [6.07, 6.45) is 0.307. The molecule has 5 rings (SSSR count). The maximum Gasteiger partial charge on any atom is 0.253 e. The van der Waals surface area contributed by atoms with E-state index in [-0.39, 0.29) is 16.7 Å². The van der Waals surface area contributed by atoms with Crippen LogP contribution in [0.1, 0.15) is 11.1 Å². The number of nitrogens with one attached hydrogen (secondary N) is 1. The quantitative estimate of drug-likeness (QED) is 0.398. The molecule has 172 valence electrons. The molecule has 4 aromatic rings. The molecule has 3 aromatic carbocycles. The predicted molar refractivity (Wildman–Crippen MR) is 133 cm³/mol. The summed E-state index contributed by atoms with van der Waals surface area (Å²) < 4.78 is 34.1. The molecule has 0 bridgehead atoms. The minimum absolute atomic E-state index is 0.151. The van der Waals surface area contributed by atoms with Crippen molar-refractivity contribution in [1.82, 2.24) is 4.31 Å². The minimum Gasteiger partial charge on any atom is -0.457 e. The van der Waals surface area contributed by atoms with Crippen LogP contribution in [-0.4, -0.2) is 24.7 Å². The van der Waals surface area contributed by atoms with Crippen LogP contribution in [0.2, 0.25) is 0 Å². The van der Waals surface area contributed by atoms with E-state index in [9.17, 15) is 13.2 Å². The van der Waals surface area contributed by atoms with Crippen LogP contribution in [0, 0.1) is 0 Å². The van der Waals surface area contributed by atoms with E-state index in [1.54, 1.807) is 41.8 Å². The Balaban J connectivity index is 1.37. The van der Waals surface area contributed by atoms with Gasteiger partial charge >= 0.3 is 0 Å². The van der Waals surface area contributed by atoms with Gasteiger partial charge in [-0.15, -0.1) is 11.3 Å². The van der Waals surface area contributed by atoms with Gasteiger partial charge in [0.2, 0.25) is 5.91 Å². The summed E-state index contributed by atoms with van der Waals surface area (Å²) in [4.78, 5) is 13.3. The van der Waals surface area contributed by atoms with Crippen LogP contribution >= 0.6 is 11.3 Å². The molecule has 6 nitrogen and oxygen atoms in total. The Labute approximate surface area is 202 Å². The number of anilines is 1. The molecular weight excluding hydrogens is 468 g/mol. The van der Waals surface area contributed by atoms with Crippen molar-refractivity contribution in [2.24, 2.45) is 0 Å². The van der Waals surface area contributed by atoms with Crippen molar-refractivity contribution in [2.75, 3.05) is 5.32 Å². The second-order valence-corrected chi connectivity index (χ2v) is 11.0. The molecule has 0 saturated carbocycles. The lowest BCUT2D eigenvalue weighted by atomic mass is 9.95. The molecule has 1 aromatic heterocycles. The number of thiophene rings is 1. The van der Waals surface area contributed by atoms with Crippen molar-refractivity contribution < 1.29 is 17.9 Å². The number of hydrogen-bond acceptors (Lipinski definition) is 5. The van der Waals surface area contributed by atoms with Gasteiger partial charge in [-0.05, 0) is 65.4 Å². The van der Waals surface area contributed by atoms with Crippen molar-refractivity contribution in [3.63, 3.8) is 0 Å². The number of sulfonamides is 1. The molecule has 0 fully saturated rings. The predicted octanol–water partition coefficient (Wildman–Crippen LogP) is 5.29. The molecule has 0 radical (unpaired) electrons. The normalized spacial score (nSPS) is 15.9. The SMILES string of the molecule is O=C(Nc1ccc(Oc2ccccc2)cc1)[C@H]1Cc2ccccc2CN1S(=O)(=O)c1cccs1. The Morgan fingerprint density at radius 2 is 1.53 bits per heavy atom. The molecular formula is C26H22N2O4S2. The van der Waals surface area contributed by atoms with Crippen molar-refractivity contribution in [3.05, 3.63) is 108 Å². The number of nitrogens with zero attached hydrogens (tertiary/aromatic N) is 1. The average Bonchev–Trinajstić information content (AvgIpc) is 3.41. The van der Waals surface area contributed by atoms with Crippen molar-refractivity contribution in [1.29, 1.82) is 0 Å². The van der Waals surface area contributed by atoms with Gasteiger partial charge < -0.3 is 10.1 Å². The molecule has 1 aliphatic rings. The molecule has 8 heteroatoms. The van der Waals surface area contributed by atoms with Gasteiger partial charge in [-0.2, -0.15) is 4.31 Å². The van der Waals surface area contributed by atoms with Crippen molar-refractivity contribution in [3.8, 4) is 11.5 Å². The highest BCUT2D eigenvalue weighted by atomic mass is 32.2. The Bertz CT molecular complexity index is 1390. The number of hydrogen-bond donors (Lipinski definition) is 1.